The summed E-state index contributed by atoms with van der Waals surface area (Å²) < 4.78 is 0. The molecular weight excluding hydrogens is 168 g/mol. The Hall–Kier alpha value is -1.97. The molecule has 0 aliphatic heterocycles. The second-order valence-electron chi connectivity index (χ2n) is 2.57. The average Bonchev–Trinajstić information content (AvgIpc) is 2.17. The van der Waals surface area contributed by atoms with E-state index in [2.05, 4.69) is 11.1 Å². The van der Waals surface area contributed by atoms with Crippen molar-refractivity contribution in [3.63, 3.8) is 0 Å². The molecule has 1 aromatic carbocycles. The summed E-state index contributed by atoms with van der Waals surface area (Å²) in [4.78, 5) is 13.9. The van der Waals surface area contributed by atoms with Gasteiger partial charge in [0.15, 0.2) is 0 Å². The van der Waals surface area contributed by atoms with Crippen molar-refractivity contribution in [2.75, 3.05) is 0 Å². The van der Waals surface area contributed by atoms with Crippen LogP contribution in [0.2, 0.25) is 0 Å². The summed E-state index contributed by atoms with van der Waals surface area (Å²) in [5.74, 6) is 0. The lowest BCUT2D eigenvalue weighted by molar-refractivity contribution is -0.385. The molecule has 1 radical (unpaired) electrons. The van der Waals surface area contributed by atoms with E-state index in [1.54, 1.807) is 18.2 Å². The largest absolute Gasteiger partial charge is 0.288 e. The number of fused-ring (bicyclic) bond motifs is 1. The fourth-order valence-corrected chi connectivity index (χ4v) is 1.10. The van der Waals surface area contributed by atoms with Crippen LogP contribution in [0.4, 0.5) is 5.69 Å². The normalized spacial score (nSPS) is 10.2. The summed E-state index contributed by atoms with van der Waals surface area (Å²) in [6.45, 7) is 0. The monoisotopic (exact) mass is 173 g/mol. The topological polar surface area (TPSA) is 56.0 Å². The molecule has 0 atom stereocenters. The van der Waals surface area contributed by atoms with Crippen molar-refractivity contribution in [3.05, 3.63) is 46.6 Å². The summed E-state index contributed by atoms with van der Waals surface area (Å²) in [6.07, 6.45) is 1.25. The van der Waals surface area contributed by atoms with Crippen molar-refractivity contribution >= 4 is 16.6 Å². The predicted octanol–water partition coefficient (Wildman–Crippen LogP) is 1.94. The second-order valence-corrected chi connectivity index (χ2v) is 2.57. The minimum Gasteiger partial charge on any atom is -0.258 e. The molecule has 63 valence electrons. The molecule has 0 spiro atoms. The predicted molar refractivity (Wildman–Crippen MR) is 47.2 cm³/mol. The standard InChI is InChI=1S/C9H5N2O2/c12-11(13)8-5-7-3-1-2-4-9(7)10-6-8/h1,3-6H. The van der Waals surface area contributed by atoms with Crippen molar-refractivity contribution in [2.45, 2.75) is 0 Å². The third-order valence-electron chi connectivity index (χ3n) is 1.73. The van der Waals surface area contributed by atoms with Gasteiger partial charge in [-0.2, -0.15) is 0 Å². The van der Waals surface area contributed by atoms with E-state index >= 15 is 0 Å². The van der Waals surface area contributed by atoms with E-state index < -0.39 is 4.92 Å². The van der Waals surface area contributed by atoms with Gasteiger partial charge in [-0.3, -0.25) is 10.1 Å². The number of aromatic nitrogens is 1. The SMILES string of the molecule is O=[N+]([O-])c1cnc2c[c]ccc2c1. The maximum atomic E-state index is 10.4. The number of pyridine rings is 1. The molecule has 1 aromatic heterocycles. The van der Waals surface area contributed by atoms with Crippen LogP contribution in [0.15, 0.2) is 30.5 Å². The Labute approximate surface area is 74.0 Å². The first-order valence-electron chi connectivity index (χ1n) is 3.67. The van der Waals surface area contributed by atoms with Crippen LogP contribution in [-0.4, -0.2) is 9.91 Å². The number of nitrogens with zero attached hydrogens (tertiary/aromatic N) is 2. The highest BCUT2D eigenvalue weighted by molar-refractivity contribution is 5.79. The molecule has 13 heavy (non-hydrogen) atoms. The zero-order valence-corrected chi connectivity index (χ0v) is 6.60. The molecule has 0 aliphatic rings. The van der Waals surface area contributed by atoms with Crippen LogP contribution in [0.1, 0.15) is 0 Å². The molecule has 2 aromatic rings. The fourth-order valence-electron chi connectivity index (χ4n) is 1.10. The summed E-state index contributed by atoms with van der Waals surface area (Å²) in [5.41, 5.74) is 0.729. The van der Waals surface area contributed by atoms with Gasteiger partial charge in [-0.25, -0.2) is 4.98 Å². The minimum absolute atomic E-state index is 0.0127. The highest BCUT2D eigenvalue weighted by Gasteiger charge is 2.05. The second kappa shape index (κ2) is 2.82. The number of hydrogen-bond donors (Lipinski definition) is 0. The first kappa shape index (κ1) is 7.67. The molecular formula is C9H5N2O2. The van der Waals surface area contributed by atoms with Gasteiger partial charge in [0.1, 0.15) is 6.20 Å². The zero-order chi connectivity index (χ0) is 9.26. The van der Waals surface area contributed by atoms with Crippen LogP contribution in [0.5, 0.6) is 0 Å². The Bertz CT molecular complexity index is 468. The fraction of sp³-hybridized carbons (Fsp3) is 0. The van der Waals surface area contributed by atoms with Crippen LogP contribution in [-0.2, 0) is 0 Å². The molecule has 2 rings (SSSR count). The molecule has 0 saturated heterocycles. The third kappa shape index (κ3) is 1.33. The molecule has 0 fully saturated rings. The van der Waals surface area contributed by atoms with Gasteiger partial charge in [0.05, 0.1) is 10.4 Å². The lowest BCUT2D eigenvalue weighted by Gasteiger charge is -1.94. The number of nitro groups is 1. The van der Waals surface area contributed by atoms with E-state index in [0.717, 1.165) is 5.39 Å². The molecule has 0 aliphatic carbocycles. The van der Waals surface area contributed by atoms with Gasteiger partial charge in [-0.1, -0.05) is 12.1 Å². The smallest absolute Gasteiger partial charge is 0.258 e. The first-order valence-corrected chi connectivity index (χ1v) is 3.67. The molecule has 4 nitrogen and oxygen atoms in total. The Kier molecular flexibility index (Phi) is 1.66. The van der Waals surface area contributed by atoms with Crippen LogP contribution < -0.4 is 0 Å². The summed E-state index contributed by atoms with van der Waals surface area (Å²) >= 11 is 0. The molecule has 4 heteroatoms. The van der Waals surface area contributed by atoms with Gasteiger partial charge in [-0.15, -0.1) is 0 Å². The Balaban J connectivity index is 2.69. The van der Waals surface area contributed by atoms with E-state index in [1.165, 1.54) is 12.3 Å². The Morgan fingerprint density at radius 1 is 1.54 bits per heavy atom. The van der Waals surface area contributed by atoms with Crippen molar-refractivity contribution in [3.8, 4) is 0 Å². The van der Waals surface area contributed by atoms with E-state index in [-0.39, 0.29) is 5.69 Å². The quantitative estimate of drug-likeness (QED) is 0.489. The van der Waals surface area contributed by atoms with E-state index in [1.807, 2.05) is 0 Å². The van der Waals surface area contributed by atoms with Crippen LogP contribution in [0.3, 0.4) is 0 Å². The number of hydrogen-bond acceptors (Lipinski definition) is 3. The Morgan fingerprint density at radius 3 is 3.15 bits per heavy atom. The van der Waals surface area contributed by atoms with Crippen LogP contribution in [0.25, 0.3) is 10.9 Å². The molecule has 0 unspecified atom stereocenters. The van der Waals surface area contributed by atoms with Crippen LogP contribution in [0, 0.1) is 16.2 Å². The first-order chi connectivity index (χ1) is 6.27. The highest BCUT2D eigenvalue weighted by Crippen LogP contribution is 2.16. The van der Waals surface area contributed by atoms with Crippen molar-refractivity contribution in [2.24, 2.45) is 0 Å². The lowest BCUT2D eigenvalue weighted by atomic mass is 10.2. The lowest BCUT2D eigenvalue weighted by Crippen LogP contribution is -1.89. The summed E-state index contributed by atoms with van der Waals surface area (Å²) in [5, 5.41) is 11.2. The van der Waals surface area contributed by atoms with Gasteiger partial charge < -0.3 is 0 Å². The van der Waals surface area contributed by atoms with Crippen molar-refractivity contribution in [1.29, 1.82) is 0 Å². The number of benzene rings is 1. The Morgan fingerprint density at radius 2 is 2.38 bits per heavy atom. The zero-order valence-electron chi connectivity index (χ0n) is 6.60. The maximum absolute atomic E-state index is 10.4. The molecule has 0 amide bonds. The van der Waals surface area contributed by atoms with Gasteiger partial charge >= 0.3 is 0 Å². The molecule has 0 bridgehead atoms. The highest BCUT2D eigenvalue weighted by atomic mass is 16.6. The summed E-state index contributed by atoms with van der Waals surface area (Å²) in [7, 11) is 0. The van der Waals surface area contributed by atoms with E-state index in [4.69, 9.17) is 0 Å². The van der Waals surface area contributed by atoms with Gasteiger partial charge in [0.25, 0.3) is 5.69 Å². The third-order valence-corrected chi connectivity index (χ3v) is 1.73. The number of rotatable bonds is 1. The van der Waals surface area contributed by atoms with E-state index in [9.17, 15) is 10.1 Å². The molecule has 0 saturated carbocycles. The van der Waals surface area contributed by atoms with Gasteiger partial charge in [-0.05, 0) is 12.1 Å². The van der Waals surface area contributed by atoms with Crippen LogP contribution >= 0.6 is 0 Å². The van der Waals surface area contributed by atoms with Gasteiger partial charge in [0, 0.05) is 11.5 Å². The molecule has 1 heterocycles. The molecule has 0 N–H and O–H groups in total. The van der Waals surface area contributed by atoms with E-state index in [0.29, 0.717) is 5.52 Å². The minimum atomic E-state index is -0.455. The van der Waals surface area contributed by atoms with Crippen molar-refractivity contribution in [1.82, 2.24) is 4.98 Å². The average molecular weight is 173 g/mol. The maximum Gasteiger partial charge on any atom is 0.288 e. The van der Waals surface area contributed by atoms with Crippen molar-refractivity contribution < 1.29 is 4.92 Å². The van der Waals surface area contributed by atoms with Gasteiger partial charge in [0.2, 0.25) is 0 Å². The summed E-state index contributed by atoms with van der Waals surface area (Å²) in [6, 6.07) is 9.49.